The second-order valence-electron chi connectivity index (χ2n) is 8.92. The summed E-state index contributed by atoms with van der Waals surface area (Å²) < 4.78 is 17.1. The number of rotatable bonds is 1. The van der Waals surface area contributed by atoms with Gasteiger partial charge in [-0.15, -0.1) is 0 Å². The highest BCUT2D eigenvalue weighted by molar-refractivity contribution is 5.70. The normalized spacial score (nSPS) is 30.0. The first kappa shape index (κ1) is 18.4. The average molecular weight is 375 g/mol. The van der Waals surface area contributed by atoms with Crippen LogP contribution in [0.2, 0.25) is 0 Å². The number of ether oxygens (including phenoxy) is 3. The highest BCUT2D eigenvalue weighted by Crippen LogP contribution is 2.47. The van der Waals surface area contributed by atoms with E-state index in [0.717, 1.165) is 30.6 Å². The predicted octanol–water partition coefficient (Wildman–Crippen LogP) is 3.60. The topological polar surface area (TPSA) is 68.2 Å². The summed E-state index contributed by atoms with van der Waals surface area (Å²) in [7, 11) is 0. The average Bonchev–Trinajstić information content (AvgIpc) is 2.75. The van der Waals surface area contributed by atoms with Crippen LogP contribution in [0.1, 0.15) is 58.4 Å². The number of amides is 1. The van der Waals surface area contributed by atoms with Crippen LogP contribution < -0.4 is 9.47 Å². The summed E-state index contributed by atoms with van der Waals surface area (Å²) in [6.45, 7) is 6.90. The zero-order valence-corrected chi connectivity index (χ0v) is 16.4. The number of aliphatic hydroxyl groups is 1. The summed E-state index contributed by atoms with van der Waals surface area (Å²) >= 11 is 0. The van der Waals surface area contributed by atoms with E-state index >= 15 is 0 Å². The standard InChI is InChI=1S/C21H29NO5/c1-20(2,3)27-19(23)22-15-6-7-16(22)13-21(24,12-15)14-5-8-17-18(11-14)26-10-4-9-25-17/h5,8,11,15-16,24H,4,6-7,9-10,12-13H2,1-3H3. The van der Waals surface area contributed by atoms with Crippen molar-refractivity contribution in [3.05, 3.63) is 23.8 Å². The number of hydrogen-bond donors (Lipinski definition) is 1. The molecule has 3 heterocycles. The minimum atomic E-state index is -0.963. The zero-order chi connectivity index (χ0) is 19.2. The molecule has 2 saturated heterocycles. The van der Waals surface area contributed by atoms with Crippen molar-refractivity contribution in [3.8, 4) is 11.5 Å². The lowest BCUT2D eigenvalue weighted by Crippen LogP contribution is -2.53. The number of piperidine rings is 1. The fourth-order valence-electron chi connectivity index (χ4n) is 4.53. The van der Waals surface area contributed by atoms with Gasteiger partial charge in [0.05, 0.1) is 18.8 Å². The Morgan fingerprint density at radius 2 is 1.78 bits per heavy atom. The van der Waals surface area contributed by atoms with E-state index in [1.807, 2.05) is 43.9 Å². The van der Waals surface area contributed by atoms with Crippen LogP contribution in [0.5, 0.6) is 11.5 Å². The Labute approximate surface area is 160 Å². The van der Waals surface area contributed by atoms with Gasteiger partial charge in [0.1, 0.15) is 5.60 Å². The van der Waals surface area contributed by atoms with Gasteiger partial charge in [-0.25, -0.2) is 4.79 Å². The molecule has 3 aliphatic heterocycles. The predicted molar refractivity (Wildman–Crippen MR) is 100 cm³/mol. The van der Waals surface area contributed by atoms with E-state index in [4.69, 9.17) is 14.2 Å². The van der Waals surface area contributed by atoms with E-state index in [9.17, 15) is 9.90 Å². The molecule has 3 aliphatic rings. The fraction of sp³-hybridized carbons (Fsp3) is 0.667. The van der Waals surface area contributed by atoms with Crippen molar-refractivity contribution in [1.82, 2.24) is 4.90 Å². The monoisotopic (exact) mass is 375 g/mol. The van der Waals surface area contributed by atoms with Gasteiger partial charge in [0, 0.05) is 31.3 Å². The van der Waals surface area contributed by atoms with Crippen molar-refractivity contribution in [2.75, 3.05) is 13.2 Å². The maximum Gasteiger partial charge on any atom is 0.410 e. The van der Waals surface area contributed by atoms with Gasteiger partial charge in [0.2, 0.25) is 0 Å². The van der Waals surface area contributed by atoms with Crippen LogP contribution in [0.25, 0.3) is 0 Å². The van der Waals surface area contributed by atoms with E-state index in [2.05, 4.69) is 0 Å². The fourth-order valence-corrected chi connectivity index (χ4v) is 4.53. The van der Waals surface area contributed by atoms with Crippen molar-refractivity contribution >= 4 is 6.09 Å². The first-order valence-electron chi connectivity index (χ1n) is 9.89. The van der Waals surface area contributed by atoms with Gasteiger partial charge in [-0.3, -0.25) is 0 Å². The molecule has 1 N–H and O–H groups in total. The van der Waals surface area contributed by atoms with E-state index in [1.54, 1.807) is 0 Å². The van der Waals surface area contributed by atoms with E-state index < -0.39 is 11.2 Å². The lowest BCUT2D eigenvalue weighted by molar-refractivity contribution is -0.0625. The first-order chi connectivity index (χ1) is 12.8. The molecule has 148 valence electrons. The van der Waals surface area contributed by atoms with Crippen LogP contribution in [0.4, 0.5) is 4.79 Å². The molecule has 2 atom stereocenters. The molecule has 0 aliphatic carbocycles. The molecule has 1 aromatic rings. The van der Waals surface area contributed by atoms with Crippen LogP contribution in [0, 0.1) is 0 Å². The Bertz CT molecular complexity index is 712. The van der Waals surface area contributed by atoms with E-state index in [-0.39, 0.29) is 18.2 Å². The highest BCUT2D eigenvalue weighted by Gasteiger charge is 2.51. The lowest BCUT2D eigenvalue weighted by atomic mass is 9.80. The third-order valence-electron chi connectivity index (χ3n) is 5.66. The Balaban J connectivity index is 1.55. The third-order valence-corrected chi connectivity index (χ3v) is 5.66. The second kappa shape index (κ2) is 6.59. The lowest BCUT2D eigenvalue weighted by Gasteiger charge is -2.44. The van der Waals surface area contributed by atoms with Crippen molar-refractivity contribution in [2.24, 2.45) is 0 Å². The molecule has 6 heteroatoms. The molecular formula is C21H29NO5. The molecule has 4 rings (SSSR count). The zero-order valence-electron chi connectivity index (χ0n) is 16.4. The highest BCUT2D eigenvalue weighted by atomic mass is 16.6. The summed E-state index contributed by atoms with van der Waals surface area (Å²) in [5.74, 6) is 1.43. The summed E-state index contributed by atoms with van der Waals surface area (Å²) in [5.41, 5.74) is -0.638. The van der Waals surface area contributed by atoms with Crippen molar-refractivity contribution in [1.29, 1.82) is 0 Å². The Kier molecular flexibility index (Phi) is 4.49. The molecule has 6 nitrogen and oxygen atoms in total. The van der Waals surface area contributed by atoms with Crippen LogP contribution in [-0.4, -0.2) is 47.0 Å². The number of fused-ring (bicyclic) bond motifs is 3. The Hall–Kier alpha value is -1.95. The number of hydrogen-bond acceptors (Lipinski definition) is 5. The van der Waals surface area contributed by atoms with Crippen LogP contribution in [-0.2, 0) is 10.3 Å². The number of nitrogens with zero attached hydrogens (tertiary/aromatic N) is 1. The molecular weight excluding hydrogens is 346 g/mol. The maximum atomic E-state index is 12.6. The van der Waals surface area contributed by atoms with Gasteiger partial charge in [-0.1, -0.05) is 6.07 Å². The van der Waals surface area contributed by atoms with Gasteiger partial charge < -0.3 is 24.2 Å². The van der Waals surface area contributed by atoms with Crippen LogP contribution in [0.3, 0.4) is 0 Å². The molecule has 1 amide bonds. The summed E-state index contributed by atoms with van der Waals surface area (Å²) in [5, 5.41) is 11.5. The summed E-state index contributed by atoms with van der Waals surface area (Å²) in [6.07, 6.45) is 3.41. The molecule has 0 aromatic heterocycles. The van der Waals surface area contributed by atoms with Gasteiger partial charge >= 0.3 is 6.09 Å². The Morgan fingerprint density at radius 1 is 1.15 bits per heavy atom. The minimum absolute atomic E-state index is 0.000390. The third kappa shape index (κ3) is 3.59. The minimum Gasteiger partial charge on any atom is -0.490 e. The van der Waals surface area contributed by atoms with Crippen LogP contribution >= 0.6 is 0 Å². The Morgan fingerprint density at radius 3 is 2.41 bits per heavy atom. The molecule has 2 bridgehead atoms. The number of carbonyl (C=O) groups is 1. The van der Waals surface area contributed by atoms with Crippen molar-refractivity contribution < 1.29 is 24.1 Å². The molecule has 0 radical (unpaired) electrons. The molecule has 0 saturated carbocycles. The SMILES string of the molecule is CC(C)(C)OC(=O)N1C2CCC1CC(O)(c1ccc3c(c1)OCCCO3)C2. The van der Waals surface area contributed by atoms with Crippen molar-refractivity contribution in [3.63, 3.8) is 0 Å². The first-order valence-corrected chi connectivity index (χ1v) is 9.89. The smallest absolute Gasteiger partial charge is 0.410 e. The molecule has 2 fully saturated rings. The molecule has 1 aromatic carbocycles. The van der Waals surface area contributed by atoms with E-state index in [1.165, 1.54) is 0 Å². The second-order valence-corrected chi connectivity index (χ2v) is 8.92. The largest absolute Gasteiger partial charge is 0.490 e. The quantitative estimate of drug-likeness (QED) is 0.812. The number of carbonyl (C=O) groups excluding carboxylic acids is 1. The maximum absolute atomic E-state index is 12.6. The summed E-state index contributed by atoms with van der Waals surface area (Å²) in [6, 6.07) is 5.72. The van der Waals surface area contributed by atoms with Crippen LogP contribution in [0.15, 0.2) is 18.2 Å². The van der Waals surface area contributed by atoms with Gasteiger partial charge in [-0.05, 0) is 51.3 Å². The van der Waals surface area contributed by atoms with E-state index in [0.29, 0.717) is 31.8 Å². The molecule has 0 spiro atoms. The van der Waals surface area contributed by atoms with Gasteiger partial charge in [0.25, 0.3) is 0 Å². The van der Waals surface area contributed by atoms with Gasteiger partial charge in [-0.2, -0.15) is 0 Å². The summed E-state index contributed by atoms with van der Waals surface area (Å²) in [4.78, 5) is 14.5. The van der Waals surface area contributed by atoms with Gasteiger partial charge in [0.15, 0.2) is 11.5 Å². The van der Waals surface area contributed by atoms with Crippen molar-refractivity contribution in [2.45, 2.75) is 76.2 Å². The molecule has 2 unspecified atom stereocenters. The molecule has 27 heavy (non-hydrogen) atoms. The number of benzene rings is 1.